The molecule has 0 N–H and O–H groups in total. The summed E-state index contributed by atoms with van der Waals surface area (Å²) in [6.45, 7) is 0. The Morgan fingerprint density at radius 1 is 1.25 bits per heavy atom. The van der Waals surface area contributed by atoms with Gasteiger partial charge >= 0.3 is 28.6 Å². The first-order chi connectivity index (χ1) is 1.00. The Morgan fingerprint density at radius 3 is 1.25 bits per heavy atom. The normalized spacial score (nSPS) is 1.25. The van der Waals surface area contributed by atoms with Crippen molar-refractivity contribution < 1.29 is 45.9 Å². The summed E-state index contributed by atoms with van der Waals surface area (Å²) in [5.41, 5.74) is 0. The molecule has 0 nitrogen and oxygen atoms in total. The Hall–Kier alpha value is 1.58. The SMILES string of the molecule is C.[Cr].[Cr][Fe]. The van der Waals surface area contributed by atoms with E-state index in [0.717, 1.165) is 0 Å². The van der Waals surface area contributed by atoms with E-state index in [1.165, 1.54) is 0 Å². The summed E-state index contributed by atoms with van der Waals surface area (Å²) in [5, 5.41) is 0. The molecule has 0 bridgehead atoms. The van der Waals surface area contributed by atoms with Crippen LogP contribution in [0.4, 0.5) is 0 Å². The van der Waals surface area contributed by atoms with Crippen LogP contribution in [0.2, 0.25) is 0 Å². The fourth-order valence-electron chi connectivity index (χ4n) is 0. The first-order valence-electron chi connectivity index (χ1n) is 0.144. The van der Waals surface area contributed by atoms with Gasteiger partial charge in [-0.1, -0.05) is 7.43 Å². The maximum absolute atomic E-state index is 3.12. The quantitative estimate of drug-likeness (QED) is 0.474. The van der Waals surface area contributed by atoms with Crippen LogP contribution in [0.25, 0.3) is 0 Å². The van der Waals surface area contributed by atoms with Gasteiger partial charge in [-0.15, -0.1) is 0 Å². The first-order valence-corrected chi connectivity index (χ1v) is 2.45. The second-order valence-electron chi connectivity index (χ2n) is 0. The molecule has 3 heteroatoms. The van der Waals surface area contributed by atoms with Gasteiger partial charge in [0.2, 0.25) is 0 Å². The molecule has 0 saturated heterocycles. The van der Waals surface area contributed by atoms with Gasteiger partial charge < -0.3 is 0 Å². The number of rotatable bonds is 0. The summed E-state index contributed by atoms with van der Waals surface area (Å²) in [4.78, 5) is 0. The summed E-state index contributed by atoms with van der Waals surface area (Å²) in [7, 11) is 0. The molecule has 0 aromatic rings. The summed E-state index contributed by atoms with van der Waals surface area (Å²) >= 11 is 5.50. The molecule has 0 saturated carbocycles. The van der Waals surface area contributed by atoms with E-state index in [9.17, 15) is 0 Å². The minimum atomic E-state index is 0. The van der Waals surface area contributed by atoms with Crippen molar-refractivity contribution in [3.63, 3.8) is 0 Å². The van der Waals surface area contributed by atoms with E-state index in [1.807, 2.05) is 0 Å². The molecule has 0 radical (unpaired) electrons. The standard InChI is InChI=1S/CH4.2Cr.Fe/h1H4;;;. The average Bonchev–Trinajstić information content (AvgIpc) is 1.00. The van der Waals surface area contributed by atoms with Crippen LogP contribution in [0, 0.1) is 0 Å². The van der Waals surface area contributed by atoms with Crippen LogP contribution in [0.3, 0.4) is 0 Å². The zero-order valence-corrected chi connectivity index (χ0v) is 4.82. The van der Waals surface area contributed by atoms with Gasteiger partial charge in [0.25, 0.3) is 0 Å². The third kappa shape index (κ3) is 9.54. The van der Waals surface area contributed by atoms with Gasteiger partial charge in [-0.05, 0) is 0 Å². The zero-order chi connectivity index (χ0) is 2.00. The topological polar surface area (TPSA) is 0 Å². The Morgan fingerprint density at radius 2 is 1.25 bits per heavy atom. The average molecular weight is 176 g/mol. The fourth-order valence-corrected chi connectivity index (χ4v) is 0. The van der Waals surface area contributed by atoms with Crippen LogP contribution in [0.15, 0.2) is 0 Å². The van der Waals surface area contributed by atoms with Gasteiger partial charge in [-0.2, -0.15) is 0 Å². The molecule has 0 unspecified atom stereocenters. The van der Waals surface area contributed by atoms with Crippen LogP contribution in [0.1, 0.15) is 7.43 Å². The maximum atomic E-state index is 3.12. The van der Waals surface area contributed by atoms with Crippen molar-refractivity contribution in [1.29, 1.82) is 0 Å². The number of hydrogen-bond acceptors (Lipinski definition) is 0. The van der Waals surface area contributed by atoms with Gasteiger partial charge in [0.1, 0.15) is 0 Å². The Labute approximate surface area is 53.2 Å². The molecule has 0 aliphatic rings. The van der Waals surface area contributed by atoms with Gasteiger partial charge in [-0.25, -0.2) is 0 Å². The molecular weight excluding hydrogens is 172 g/mol. The Kier molecular flexibility index (Phi) is 103. The van der Waals surface area contributed by atoms with Crippen LogP contribution in [-0.2, 0) is 45.9 Å². The van der Waals surface area contributed by atoms with E-state index in [4.69, 9.17) is 0 Å². The van der Waals surface area contributed by atoms with E-state index in [2.05, 4.69) is 28.6 Å². The second kappa shape index (κ2) is 23.5. The predicted octanol–water partition coefficient (Wildman–Crippen LogP) is 0.629. The first kappa shape index (κ1) is 17.6. The van der Waals surface area contributed by atoms with Crippen LogP contribution < -0.4 is 0 Å². The Bertz CT molecular complexity index is 6.00. The minimum absolute atomic E-state index is 0. The van der Waals surface area contributed by atoms with Crippen molar-refractivity contribution in [3.8, 4) is 0 Å². The molecule has 0 aliphatic heterocycles. The molecule has 0 fully saturated rings. The van der Waals surface area contributed by atoms with Crippen LogP contribution in [-0.4, -0.2) is 0 Å². The molecule has 0 spiro atoms. The molecule has 0 atom stereocenters. The third-order valence-corrected chi connectivity index (χ3v) is 0. The Balaban J connectivity index is -0.00000000500. The second-order valence-corrected chi connectivity index (χ2v) is 0. The van der Waals surface area contributed by atoms with E-state index >= 15 is 0 Å². The van der Waals surface area contributed by atoms with Crippen LogP contribution in [0.5, 0.6) is 0 Å². The monoisotopic (exact) mass is 176 g/mol. The molecule has 4 heavy (non-hydrogen) atoms. The van der Waals surface area contributed by atoms with Crippen molar-refractivity contribution in [2.45, 2.75) is 7.43 Å². The predicted molar refractivity (Wildman–Crippen MR) is 6.73 cm³/mol. The van der Waals surface area contributed by atoms with Crippen molar-refractivity contribution >= 4 is 0 Å². The van der Waals surface area contributed by atoms with E-state index in [-0.39, 0.29) is 24.8 Å². The van der Waals surface area contributed by atoms with Crippen molar-refractivity contribution in [2.24, 2.45) is 0 Å². The molecular formula is CH4Cr2Fe. The van der Waals surface area contributed by atoms with E-state index in [0.29, 0.717) is 0 Å². The summed E-state index contributed by atoms with van der Waals surface area (Å²) in [6, 6.07) is 0. The summed E-state index contributed by atoms with van der Waals surface area (Å²) in [6.07, 6.45) is 0. The molecule has 28 valence electrons. The molecule has 0 amide bonds. The van der Waals surface area contributed by atoms with Gasteiger partial charge in [-0.3, -0.25) is 0 Å². The summed E-state index contributed by atoms with van der Waals surface area (Å²) in [5.74, 6) is 0. The van der Waals surface area contributed by atoms with Gasteiger partial charge in [0, 0.05) is 17.4 Å². The third-order valence-electron chi connectivity index (χ3n) is 0. The van der Waals surface area contributed by atoms with Crippen molar-refractivity contribution in [3.05, 3.63) is 0 Å². The van der Waals surface area contributed by atoms with Crippen LogP contribution >= 0.6 is 0 Å². The molecule has 0 aromatic carbocycles. The molecule has 0 aromatic heterocycles. The van der Waals surface area contributed by atoms with Crippen molar-refractivity contribution in [1.82, 2.24) is 0 Å². The van der Waals surface area contributed by atoms with E-state index in [1.54, 1.807) is 0 Å². The molecule has 0 aliphatic carbocycles. The van der Waals surface area contributed by atoms with Crippen molar-refractivity contribution in [2.75, 3.05) is 0 Å². The fraction of sp³-hybridized carbons (Fsp3) is 1.00. The molecule has 0 rings (SSSR count). The number of hydrogen-bond donors (Lipinski definition) is 0. The summed E-state index contributed by atoms with van der Waals surface area (Å²) < 4.78 is 0. The zero-order valence-electron chi connectivity index (χ0n) is 1.17. The van der Waals surface area contributed by atoms with Gasteiger partial charge in [0.15, 0.2) is 0 Å². The van der Waals surface area contributed by atoms with Gasteiger partial charge in [0.05, 0.1) is 0 Å². The van der Waals surface area contributed by atoms with E-state index < -0.39 is 0 Å². The molecule has 0 heterocycles.